The van der Waals surface area contributed by atoms with E-state index in [9.17, 15) is 4.79 Å². The van der Waals surface area contributed by atoms with Gasteiger partial charge in [-0.05, 0) is 37.5 Å². The normalized spacial score (nSPS) is 12.2. The molecule has 94 valence electrons. The lowest BCUT2D eigenvalue weighted by atomic mass is 10.1. The van der Waals surface area contributed by atoms with Crippen molar-refractivity contribution in [2.24, 2.45) is 0 Å². The van der Waals surface area contributed by atoms with E-state index in [-0.39, 0.29) is 11.9 Å². The average molecular weight is 274 g/mol. The van der Waals surface area contributed by atoms with E-state index in [1.165, 1.54) is 0 Å². The Hall–Kier alpha value is -0.730. The van der Waals surface area contributed by atoms with Crippen molar-refractivity contribution in [2.75, 3.05) is 0 Å². The molecule has 1 rings (SSSR count). The van der Waals surface area contributed by atoms with Crippen molar-refractivity contribution >= 4 is 29.1 Å². The van der Waals surface area contributed by atoms with Gasteiger partial charge in [0.25, 0.3) is 0 Å². The van der Waals surface area contributed by atoms with Gasteiger partial charge in [0.2, 0.25) is 5.91 Å². The second-order valence-corrected chi connectivity index (χ2v) is 4.96. The lowest BCUT2D eigenvalue weighted by molar-refractivity contribution is -0.121. The van der Waals surface area contributed by atoms with Crippen LogP contribution in [0.2, 0.25) is 10.0 Å². The molecule has 1 atom stereocenters. The Kier molecular flexibility index (Phi) is 5.79. The van der Waals surface area contributed by atoms with E-state index in [0.717, 1.165) is 12.0 Å². The highest BCUT2D eigenvalue weighted by Crippen LogP contribution is 2.21. The van der Waals surface area contributed by atoms with Crippen LogP contribution in [0.15, 0.2) is 18.2 Å². The molecule has 0 radical (unpaired) electrons. The van der Waals surface area contributed by atoms with Crippen molar-refractivity contribution in [1.82, 2.24) is 5.32 Å². The Morgan fingerprint density at radius 2 is 2.12 bits per heavy atom. The molecule has 0 aliphatic rings. The van der Waals surface area contributed by atoms with Crippen molar-refractivity contribution < 1.29 is 4.79 Å². The number of nitrogens with one attached hydrogen (secondary N) is 1. The van der Waals surface area contributed by atoms with E-state index >= 15 is 0 Å². The van der Waals surface area contributed by atoms with Crippen LogP contribution in [0.3, 0.4) is 0 Å². The lowest BCUT2D eigenvalue weighted by Gasteiger charge is -2.11. The van der Waals surface area contributed by atoms with Gasteiger partial charge in [0.1, 0.15) is 0 Å². The molecule has 0 bridgehead atoms. The lowest BCUT2D eigenvalue weighted by Crippen LogP contribution is -2.32. The topological polar surface area (TPSA) is 29.1 Å². The van der Waals surface area contributed by atoms with Gasteiger partial charge in [0.05, 0.1) is 0 Å². The Labute approximate surface area is 112 Å². The second kappa shape index (κ2) is 6.87. The van der Waals surface area contributed by atoms with E-state index in [0.29, 0.717) is 22.9 Å². The molecule has 0 heterocycles. The molecular weight excluding hydrogens is 257 g/mol. The smallest absolute Gasteiger partial charge is 0.220 e. The first-order chi connectivity index (χ1) is 8.02. The molecule has 17 heavy (non-hydrogen) atoms. The average Bonchev–Trinajstić information content (AvgIpc) is 2.27. The van der Waals surface area contributed by atoms with E-state index in [4.69, 9.17) is 23.2 Å². The van der Waals surface area contributed by atoms with Gasteiger partial charge >= 0.3 is 0 Å². The second-order valence-electron chi connectivity index (χ2n) is 4.11. The van der Waals surface area contributed by atoms with Gasteiger partial charge in [-0.3, -0.25) is 4.79 Å². The van der Waals surface area contributed by atoms with Gasteiger partial charge in [-0.2, -0.15) is 0 Å². The molecule has 0 spiro atoms. The third-order valence-electron chi connectivity index (χ3n) is 2.66. The molecule has 1 amide bonds. The number of halogens is 2. The van der Waals surface area contributed by atoms with Gasteiger partial charge in [-0.1, -0.05) is 36.2 Å². The molecule has 0 fully saturated rings. The molecule has 1 aromatic rings. The fourth-order valence-corrected chi connectivity index (χ4v) is 1.92. The molecule has 1 N–H and O–H groups in total. The number of aryl methyl sites for hydroxylation is 1. The van der Waals surface area contributed by atoms with Crippen molar-refractivity contribution in [3.05, 3.63) is 33.8 Å². The molecular formula is C13H17Cl2NO. The number of carbonyl (C=O) groups is 1. The summed E-state index contributed by atoms with van der Waals surface area (Å²) in [5, 5.41) is 4.16. The molecule has 4 heteroatoms. The summed E-state index contributed by atoms with van der Waals surface area (Å²) in [6.07, 6.45) is 2.03. The molecule has 0 saturated heterocycles. The number of hydrogen-bond donors (Lipinski definition) is 1. The summed E-state index contributed by atoms with van der Waals surface area (Å²) in [4.78, 5) is 11.6. The summed E-state index contributed by atoms with van der Waals surface area (Å²) in [6.45, 7) is 4.04. The van der Waals surface area contributed by atoms with Crippen molar-refractivity contribution in [2.45, 2.75) is 39.2 Å². The van der Waals surface area contributed by atoms with Crippen molar-refractivity contribution in [3.8, 4) is 0 Å². The third kappa shape index (κ3) is 4.97. The number of rotatable bonds is 5. The first-order valence-corrected chi connectivity index (χ1v) is 6.51. The number of amides is 1. The molecule has 0 aliphatic carbocycles. The van der Waals surface area contributed by atoms with Crippen LogP contribution in [0.4, 0.5) is 0 Å². The van der Waals surface area contributed by atoms with Gasteiger partial charge in [0.15, 0.2) is 0 Å². The Morgan fingerprint density at radius 1 is 1.41 bits per heavy atom. The molecule has 0 aliphatic heterocycles. The minimum absolute atomic E-state index is 0.0605. The van der Waals surface area contributed by atoms with Crippen LogP contribution >= 0.6 is 23.2 Å². The minimum Gasteiger partial charge on any atom is -0.354 e. The summed E-state index contributed by atoms with van der Waals surface area (Å²) < 4.78 is 0. The molecule has 1 aromatic carbocycles. The summed E-state index contributed by atoms with van der Waals surface area (Å²) in [5.41, 5.74) is 0.954. The summed E-state index contributed by atoms with van der Waals surface area (Å²) in [5.74, 6) is 0.0605. The largest absolute Gasteiger partial charge is 0.354 e. The maximum absolute atomic E-state index is 11.6. The van der Waals surface area contributed by atoms with Crippen LogP contribution in [0.5, 0.6) is 0 Å². The molecule has 0 saturated carbocycles. The number of hydrogen-bond acceptors (Lipinski definition) is 1. The van der Waals surface area contributed by atoms with E-state index in [1.807, 2.05) is 19.9 Å². The molecule has 2 nitrogen and oxygen atoms in total. The van der Waals surface area contributed by atoms with Crippen LogP contribution in [0.1, 0.15) is 32.3 Å². The van der Waals surface area contributed by atoms with Crippen LogP contribution < -0.4 is 5.32 Å². The third-order valence-corrected chi connectivity index (χ3v) is 3.24. The maximum Gasteiger partial charge on any atom is 0.220 e. The fraction of sp³-hybridized carbons (Fsp3) is 0.462. The first kappa shape index (κ1) is 14.3. The number of benzene rings is 1. The summed E-state index contributed by atoms with van der Waals surface area (Å²) in [6, 6.07) is 5.57. The highest BCUT2D eigenvalue weighted by atomic mass is 35.5. The molecule has 1 unspecified atom stereocenters. The maximum atomic E-state index is 11.6. The van der Waals surface area contributed by atoms with Gasteiger partial charge in [-0.25, -0.2) is 0 Å². The number of carbonyl (C=O) groups excluding carboxylic acids is 1. The van der Waals surface area contributed by atoms with Crippen LogP contribution in [0.25, 0.3) is 0 Å². The highest BCUT2D eigenvalue weighted by Gasteiger charge is 2.07. The van der Waals surface area contributed by atoms with Gasteiger partial charge in [-0.15, -0.1) is 0 Å². The van der Waals surface area contributed by atoms with Crippen molar-refractivity contribution in [3.63, 3.8) is 0 Å². The minimum atomic E-state index is 0.0605. The van der Waals surface area contributed by atoms with E-state index in [2.05, 4.69) is 5.32 Å². The monoisotopic (exact) mass is 273 g/mol. The zero-order chi connectivity index (χ0) is 12.8. The summed E-state index contributed by atoms with van der Waals surface area (Å²) >= 11 is 11.8. The standard InChI is InChI=1S/C13H17Cl2NO/c1-3-9(2)16-13(17)7-5-10-4-6-11(14)8-12(10)15/h4,6,8-9H,3,5,7H2,1-2H3,(H,16,17). The molecule has 0 aromatic heterocycles. The quantitative estimate of drug-likeness (QED) is 0.868. The zero-order valence-corrected chi connectivity index (χ0v) is 11.6. The predicted octanol–water partition coefficient (Wildman–Crippen LogP) is 3.84. The SMILES string of the molecule is CCC(C)NC(=O)CCc1ccc(Cl)cc1Cl. The predicted molar refractivity (Wildman–Crippen MR) is 72.7 cm³/mol. The van der Waals surface area contributed by atoms with Crippen LogP contribution in [-0.2, 0) is 11.2 Å². The summed E-state index contributed by atoms with van der Waals surface area (Å²) in [7, 11) is 0. The zero-order valence-electron chi connectivity index (χ0n) is 10.1. The fourth-order valence-electron chi connectivity index (χ4n) is 1.42. The Bertz CT molecular complexity index is 393. The van der Waals surface area contributed by atoms with Crippen LogP contribution in [-0.4, -0.2) is 11.9 Å². The first-order valence-electron chi connectivity index (χ1n) is 5.76. The van der Waals surface area contributed by atoms with E-state index < -0.39 is 0 Å². The Balaban J connectivity index is 2.47. The van der Waals surface area contributed by atoms with Gasteiger partial charge < -0.3 is 5.32 Å². The van der Waals surface area contributed by atoms with Crippen molar-refractivity contribution in [1.29, 1.82) is 0 Å². The highest BCUT2D eigenvalue weighted by molar-refractivity contribution is 6.35. The Morgan fingerprint density at radius 3 is 2.71 bits per heavy atom. The van der Waals surface area contributed by atoms with Crippen LogP contribution in [0, 0.1) is 0 Å². The van der Waals surface area contributed by atoms with Gasteiger partial charge in [0, 0.05) is 22.5 Å². The van der Waals surface area contributed by atoms with E-state index in [1.54, 1.807) is 12.1 Å².